The number of methoxy groups -OCH3 is 1. The summed E-state index contributed by atoms with van der Waals surface area (Å²) >= 11 is 0. The van der Waals surface area contributed by atoms with E-state index < -0.39 is 0 Å². The SMILES string of the molecule is C=C(C)c1ccc(CC(=C)c2cccc(C3=CCC(=N/C=C\C)C(Nc4ccc(C)c(OC)c4)=N3)c2)cc1.CC.CCCN(CCC)CCC. The molecule has 0 unspecified atom stereocenters. The fourth-order valence-electron chi connectivity index (χ4n) is 5.55. The van der Waals surface area contributed by atoms with E-state index in [4.69, 9.17) is 9.73 Å². The standard InChI is InChI=1S/C34H35N3O.C9H21N.C2H6/c1-7-19-35-32-18-17-31(37-34(32)36-30-16-11-24(4)33(22-30)38-6)29-10-8-9-28(21-29)25(5)20-26-12-14-27(15-13-26)23(2)3;1-4-7-10(8-5-2)9-6-3;1-2/h7-17,19,21-22H,2,5,18,20H2,1,3-4,6H3,(H,36,37);4-9H2,1-3H3;1-2H3/b19-7-,35-32?;;. The summed E-state index contributed by atoms with van der Waals surface area (Å²) in [7, 11) is 1.68. The van der Waals surface area contributed by atoms with Crippen LogP contribution in [0.5, 0.6) is 5.75 Å². The largest absolute Gasteiger partial charge is 0.496 e. The number of aryl methyl sites for hydroxylation is 1. The molecule has 0 bridgehead atoms. The normalized spacial score (nSPS) is 13.1. The second-order valence-electron chi connectivity index (χ2n) is 12.3. The highest BCUT2D eigenvalue weighted by Crippen LogP contribution is 2.28. The van der Waals surface area contributed by atoms with Crippen molar-refractivity contribution in [2.45, 2.75) is 87.5 Å². The zero-order chi connectivity index (χ0) is 36.9. The van der Waals surface area contributed by atoms with Crippen LogP contribution < -0.4 is 10.1 Å². The maximum atomic E-state index is 5.51. The van der Waals surface area contributed by atoms with E-state index in [1.54, 1.807) is 13.3 Å². The minimum Gasteiger partial charge on any atom is -0.496 e. The molecule has 0 spiro atoms. The highest BCUT2D eigenvalue weighted by molar-refractivity contribution is 6.47. The first-order chi connectivity index (χ1) is 24.2. The summed E-state index contributed by atoms with van der Waals surface area (Å²) in [6.45, 7) is 29.0. The molecule has 5 heteroatoms. The van der Waals surface area contributed by atoms with Crippen molar-refractivity contribution in [1.29, 1.82) is 0 Å². The van der Waals surface area contributed by atoms with Gasteiger partial charge in [-0.1, -0.05) is 114 Å². The summed E-state index contributed by atoms with van der Waals surface area (Å²) in [5.41, 5.74) is 10.4. The van der Waals surface area contributed by atoms with Crippen molar-refractivity contribution in [3.05, 3.63) is 126 Å². The van der Waals surface area contributed by atoms with Gasteiger partial charge in [-0.05, 0) is 106 Å². The van der Waals surface area contributed by atoms with Crippen LogP contribution >= 0.6 is 0 Å². The molecule has 268 valence electrons. The van der Waals surface area contributed by atoms with Gasteiger partial charge in [0.25, 0.3) is 0 Å². The summed E-state index contributed by atoms with van der Waals surface area (Å²) in [4.78, 5) is 12.2. The lowest BCUT2D eigenvalue weighted by molar-refractivity contribution is 0.275. The zero-order valence-corrected chi connectivity index (χ0v) is 32.4. The molecule has 50 heavy (non-hydrogen) atoms. The first-order valence-corrected chi connectivity index (χ1v) is 18.4. The molecule has 1 N–H and O–H groups in total. The van der Waals surface area contributed by atoms with Gasteiger partial charge in [-0.2, -0.15) is 0 Å². The number of rotatable bonds is 14. The number of nitrogens with zero attached hydrogens (tertiary/aromatic N) is 3. The van der Waals surface area contributed by atoms with Crippen molar-refractivity contribution >= 4 is 34.1 Å². The number of nitrogens with one attached hydrogen (secondary N) is 1. The van der Waals surface area contributed by atoms with Crippen LogP contribution in [0.2, 0.25) is 0 Å². The molecule has 0 fully saturated rings. The summed E-state index contributed by atoms with van der Waals surface area (Å²) in [6, 6.07) is 23.0. The molecular weight excluding hydrogens is 613 g/mol. The minimum atomic E-state index is 0.675. The van der Waals surface area contributed by atoms with Crippen molar-refractivity contribution in [2.75, 3.05) is 32.1 Å². The van der Waals surface area contributed by atoms with Crippen molar-refractivity contribution < 1.29 is 4.74 Å². The minimum absolute atomic E-state index is 0.675. The Morgan fingerprint density at radius 3 is 2.16 bits per heavy atom. The van der Waals surface area contributed by atoms with Crippen molar-refractivity contribution in [1.82, 2.24) is 4.90 Å². The van der Waals surface area contributed by atoms with Gasteiger partial charge in [-0.25, -0.2) is 4.99 Å². The molecule has 0 saturated carbocycles. The van der Waals surface area contributed by atoms with E-state index in [0.717, 1.165) is 68.5 Å². The number of benzene rings is 3. The lowest BCUT2D eigenvalue weighted by atomic mass is 9.96. The lowest BCUT2D eigenvalue weighted by Gasteiger charge is -2.19. The molecule has 1 aliphatic rings. The Bertz CT molecular complexity index is 1610. The Balaban J connectivity index is 0.000000623. The highest BCUT2D eigenvalue weighted by atomic mass is 16.5. The highest BCUT2D eigenvalue weighted by Gasteiger charge is 2.17. The van der Waals surface area contributed by atoms with Crippen molar-refractivity contribution in [2.24, 2.45) is 9.98 Å². The van der Waals surface area contributed by atoms with Gasteiger partial charge in [0.15, 0.2) is 5.84 Å². The average molecular weight is 675 g/mol. The van der Waals surface area contributed by atoms with Crippen LogP contribution in [0.15, 0.2) is 108 Å². The summed E-state index contributed by atoms with van der Waals surface area (Å²) < 4.78 is 5.51. The molecule has 3 aromatic rings. The topological polar surface area (TPSA) is 49.2 Å². The number of hydrogen-bond donors (Lipinski definition) is 1. The van der Waals surface area contributed by atoms with Crippen LogP contribution in [0, 0.1) is 6.92 Å². The molecule has 3 aromatic carbocycles. The fourth-order valence-corrected chi connectivity index (χ4v) is 5.55. The van der Waals surface area contributed by atoms with Gasteiger partial charge in [0.1, 0.15) is 5.75 Å². The van der Waals surface area contributed by atoms with Crippen LogP contribution in [0.1, 0.15) is 102 Å². The van der Waals surface area contributed by atoms with E-state index in [2.05, 4.69) is 104 Å². The van der Waals surface area contributed by atoms with E-state index in [0.29, 0.717) is 6.42 Å². The number of aliphatic imine (C=N–C) groups is 2. The second kappa shape index (κ2) is 23.0. The molecule has 4 rings (SSSR count). The molecular formula is C45H62N4O. The van der Waals surface area contributed by atoms with Gasteiger partial charge in [-0.3, -0.25) is 4.99 Å². The molecule has 5 nitrogen and oxygen atoms in total. The first kappa shape index (κ1) is 41.7. The number of amidine groups is 1. The predicted octanol–water partition coefficient (Wildman–Crippen LogP) is 12.1. The Hall–Kier alpha value is -4.48. The van der Waals surface area contributed by atoms with Crippen LogP contribution in [-0.4, -0.2) is 43.2 Å². The first-order valence-electron chi connectivity index (χ1n) is 18.4. The summed E-state index contributed by atoms with van der Waals surface area (Å²) in [5.74, 6) is 1.56. The molecule has 0 saturated heterocycles. The van der Waals surface area contributed by atoms with E-state index in [1.165, 1.54) is 44.5 Å². The van der Waals surface area contributed by atoms with Gasteiger partial charge in [0, 0.05) is 29.9 Å². The third-order valence-electron chi connectivity index (χ3n) is 8.09. The monoisotopic (exact) mass is 674 g/mol. The van der Waals surface area contributed by atoms with Crippen LogP contribution in [0.3, 0.4) is 0 Å². The smallest absolute Gasteiger partial charge is 0.153 e. The summed E-state index contributed by atoms with van der Waals surface area (Å²) in [6.07, 6.45) is 11.2. The van der Waals surface area contributed by atoms with Gasteiger partial charge in [0.2, 0.25) is 0 Å². The number of ether oxygens (including phenoxy) is 1. The molecule has 1 aliphatic heterocycles. The maximum Gasteiger partial charge on any atom is 0.153 e. The van der Waals surface area contributed by atoms with Crippen LogP contribution in [0.4, 0.5) is 5.69 Å². The molecule has 0 aromatic heterocycles. The third kappa shape index (κ3) is 13.4. The lowest BCUT2D eigenvalue weighted by Crippen LogP contribution is -2.25. The van der Waals surface area contributed by atoms with Gasteiger partial charge < -0.3 is 15.0 Å². The van der Waals surface area contributed by atoms with E-state index in [-0.39, 0.29) is 0 Å². The number of anilines is 1. The Morgan fingerprint density at radius 2 is 1.58 bits per heavy atom. The van der Waals surface area contributed by atoms with E-state index in [9.17, 15) is 0 Å². The molecule has 1 heterocycles. The predicted molar refractivity (Wildman–Crippen MR) is 223 cm³/mol. The molecule has 0 aliphatic carbocycles. The Labute approximate surface area is 304 Å². The van der Waals surface area contributed by atoms with Crippen LogP contribution in [0.25, 0.3) is 16.8 Å². The average Bonchev–Trinajstić information content (AvgIpc) is 3.13. The van der Waals surface area contributed by atoms with Crippen LogP contribution in [-0.2, 0) is 6.42 Å². The quantitative estimate of drug-likeness (QED) is 0.185. The van der Waals surface area contributed by atoms with Gasteiger partial charge >= 0.3 is 0 Å². The van der Waals surface area contributed by atoms with E-state index in [1.807, 2.05) is 58.9 Å². The number of allylic oxidation sites excluding steroid dienone is 4. The Kier molecular flexibility index (Phi) is 19.2. The van der Waals surface area contributed by atoms with Gasteiger partial charge in [0.05, 0.1) is 18.5 Å². The summed E-state index contributed by atoms with van der Waals surface area (Å²) in [5, 5.41) is 3.46. The molecule has 0 amide bonds. The molecule has 0 atom stereocenters. The third-order valence-corrected chi connectivity index (χ3v) is 8.09. The van der Waals surface area contributed by atoms with Gasteiger partial charge in [-0.15, -0.1) is 0 Å². The molecule has 0 radical (unpaired) electrons. The maximum absolute atomic E-state index is 5.51. The Morgan fingerprint density at radius 1 is 0.920 bits per heavy atom. The second-order valence-corrected chi connectivity index (χ2v) is 12.3. The fraction of sp³-hybridized carbons (Fsp3) is 0.378. The zero-order valence-electron chi connectivity index (χ0n) is 32.4. The van der Waals surface area contributed by atoms with Crippen molar-refractivity contribution in [3.63, 3.8) is 0 Å². The van der Waals surface area contributed by atoms with E-state index >= 15 is 0 Å². The van der Waals surface area contributed by atoms with Crippen molar-refractivity contribution in [3.8, 4) is 5.75 Å². The number of hydrogen-bond acceptors (Lipinski definition) is 5.